The minimum absolute atomic E-state index is 0.101. The van der Waals surface area contributed by atoms with Crippen LogP contribution in [0, 0.1) is 17.3 Å². The first-order chi connectivity index (χ1) is 19.5. The maximum Gasteiger partial charge on any atom is 0.417 e. The Morgan fingerprint density at radius 1 is 1.10 bits per heavy atom. The molecule has 41 heavy (non-hydrogen) atoms. The van der Waals surface area contributed by atoms with E-state index in [4.69, 9.17) is 37.6 Å². The van der Waals surface area contributed by atoms with E-state index in [1.807, 2.05) is 0 Å². The van der Waals surface area contributed by atoms with Gasteiger partial charge in [0.2, 0.25) is 0 Å². The van der Waals surface area contributed by atoms with Gasteiger partial charge in [-0.1, -0.05) is 34.3 Å². The van der Waals surface area contributed by atoms with E-state index in [1.165, 1.54) is 12.4 Å². The molecule has 1 N–H and O–H groups in total. The number of ether oxygens (including phenoxy) is 1. The Balaban J connectivity index is 1.18. The van der Waals surface area contributed by atoms with E-state index in [1.54, 1.807) is 0 Å². The Bertz CT molecular complexity index is 1550. The predicted molar refractivity (Wildman–Crippen MR) is 142 cm³/mol. The van der Waals surface area contributed by atoms with Crippen molar-refractivity contribution in [1.29, 1.82) is 0 Å². The highest BCUT2D eigenvalue weighted by Gasteiger charge is 2.49. The van der Waals surface area contributed by atoms with Crippen molar-refractivity contribution in [1.82, 2.24) is 15.1 Å². The zero-order valence-electron chi connectivity index (χ0n) is 21.7. The zero-order chi connectivity index (χ0) is 29.0. The smallest absolute Gasteiger partial charge is 0.417 e. The molecule has 2 bridgehead atoms. The van der Waals surface area contributed by atoms with Gasteiger partial charge in [-0.25, -0.2) is 9.78 Å². The molecule has 4 saturated carbocycles. The molecular weight excluding hydrogens is 582 g/mol. The largest absolute Gasteiger partial charge is 0.478 e. The molecule has 0 spiro atoms. The minimum atomic E-state index is -4.82. The second-order valence-electron chi connectivity index (χ2n) is 11.0. The number of aromatic carboxylic acids is 1. The van der Waals surface area contributed by atoms with Crippen molar-refractivity contribution >= 4 is 29.2 Å². The molecular formula is C29H24Cl2F3N3O4. The van der Waals surface area contributed by atoms with Gasteiger partial charge in [0, 0.05) is 41.1 Å². The van der Waals surface area contributed by atoms with Crippen LogP contribution < -0.4 is 0 Å². The molecule has 3 heterocycles. The van der Waals surface area contributed by atoms with Gasteiger partial charge < -0.3 is 14.4 Å². The van der Waals surface area contributed by atoms with Crippen molar-refractivity contribution in [2.24, 2.45) is 5.41 Å². The minimum Gasteiger partial charge on any atom is -0.478 e. The Kier molecular flexibility index (Phi) is 7.04. The summed E-state index contributed by atoms with van der Waals surface area (Å²) < 4.78 is 52.6. The molecule has 0 radical (unpaired) electrons. The van der Waals surface area contributed by atoms with Gasteiger partial charge in [-0.05, 0) is 63.4 Å². The molecule has 0 amide bonds. The van der Waals surface area contributed by atoms with Gasteiger partial charge in [-0.3, -0.25) is 4.98 Å². The standard InChI is InChI=1S/C29H24Cl2F3N3O4/c30-21-13-35-14-22(31)23(21)24-19(25(41-37-24)16-1-2-16)15-40-28-8-5-27(6-9-28,7-10-28)4-3-17-11-20(29(32,33)34)18(12-36-17)26(38)39/h11-14,16H,1-2,5-10,15H2,(H,38,39). The van der Waals surface area contributed by atoms with Gasteiger partial charge in [-0.2, -0.15) is 13.2 Å². The lowest BCUT2D eigenvalue weighted by atomic mass is 9.59. The summed E-state index contributed by atoms with van der Waals surface area (Å²) in [5, 5.41) is 14.2. The number of alkyl halides is 3. The summed E-state index contributed by atoms with van der Waals surface area (Å²) in [7, 11) is 0. The number of hydrogen-bond acceptors (Lipinski definition) is 6. The summed E-state index contributed by atoms with van der Waals surface area (Å²) >= 11 is 12.8. The topological polar surface area (TPSA) is 98.3 Å². The molecule has 12 heteroatoms. The Hall–Kier alpha value is -3.13. The third kappa shape index (κ3) is 5.43. The number of hydrogen-bond donors (Lipinski definition) is 1. The lowest BCUT2D eigenvalue weighted by Crippen LogP contribution is -2.47. The molecule has 4 fully saturated rings. The highest BCUT2D eigenvalue weighted by atomic mass is 35.5. The Labute approximate surface area is 243 Å². The monoisotopic (exact) mass is 605 g/mol. The van der Waals surface area contributed by atoms with Gasteiger partial charge in [0.05, 0.1) is 33.4 Å². The molecule has 4 aliphatic rings. The molecule has 3 aromatic rings. The van der Waals surface area contributed by atoms with Crippen LogP contribution in [0.2, 0.25) is 10.0 Å². The molecule has 0 aliphatic heterocycles. The second kappa shape index (κ2) is 10.3. The van der Waals surface area contributed by atoms with Crippen LogP contribution in [-0.2, 0) is 17.5 Å². The number of pyridine rings is 2. The average molecular weight is 606 g/mol. The van der Waals surface area contributed by atoms with E-state index in [-0.39, 0.29) is 16.7 Å². The van der Waals surface area contributed by atoms with Crippen LogP contribution in [0.1, 0.15) is 90.2 Å². The van der Waals surface area contributed by atoms with Crippen molar-refractivity contribution < 1.29 is 32.3 Å². The number of carbonyl (C=O) groups is 1. The zero-order valence-corrected chi connectivity index (χ0v) is 23.2. The van der Waals surface area contributed by atoms with E-state index in [0.717, 1.165) is 62.7 Å². The van der Waals surface area contributed by atoms with Crippen LogP contribution in [0.5, 0.6) is 0 Å². The predicted octanol–water partition coefficient (Wildman–Crippen LogP) is 7.69. The molecule has 0 atom stereocenters. The quantitative estimate of drug-likeness (QED) is 0.287. The fourth-order valence-corrected chi connectivity index (χ4v) is 6.41. The molecule has 7 nitrogen and oxygen atoms in total. The lowest BCUT2D eigenvalue weighted by molar-refractivity contribution is -0.138. The molecule has 7 rings (SSSR count). The van der Waals surface area contributed by atoms with Gasteiger partial charge in [-0.15, -0.1) is 0 Å². The van der Waals surface area contributed by atoms with Crippen LogP contribution in [0.3, 0.4) is 0 Å². The highest BCUT2D eigenvalue weighted by molar-refractivity contribution is 6.38. The van der Waals surface area contributed by atoms with Crippen LogP contribution in [0.4, 0.5) is 13.2 Å². The maximum absolute atomic E-state index is 13.4. The van der Waals surface area contributed by atoms with Crippen molar-refractivity contribution in [2.45, 2.75) is 75.7 Å². The first-order valence-corrected chi connectivity index (χ1v) is 14.0. The fraction of sp³-hybridized carbons (Fsp3) is 0.448. The van der Waals surface area contributed by atoms with E-state index in [9.17, 15) is 18.0 Å². The summed E-state index contributed by atoms with van der Waals surface area (Å²) in [5.74, 6) is 5.39. The van der Waals surface area contributed by atoms with Crippen LogP contribution >= 0.6 is 23.2 Å². The highest BCUT2D eigenvalue weighted by Crippen LogP contribution is 2.54. The van der Waals surface area contributed by atoms with Gasteiger partial charge >= 0.3 is 12.1 Å². The Morgan fingerprint density at radius 3 is 2.34 bits per heavy atom. The molecule has 0 unspecified atom stereocenters. The van der Waals surface area contributed by atoms with Crippen LogP contribution in [-0.4, -0.2) is 31.8 Å². The molecule has 0 saturated heterocycles. The summed E-state index contributed by atoms with van der Waals surface area (Å²) in [6, 6.07) is 0.710. The van der Waals surface area contributed by atoms with E-state index >= 15 is 0 Å². The number of rotatable bonds is 6. The van der Waals surface area contributed by atoms with Crippen molar-refractivity contribution in [3.05, 3.63) is 62.8 Å². The number of carboxylic acids is 1. The fourth-order valence-electron chi connectivity index (χ4n) is 5.87. The van der Waals surface area contributed by atoms with Crippen molar-refractivity contribution in [3.63, 3.8) is 0 Å². The Morgan fingerprint density at radius 2 is 1.76 bits per heavy atom. The number of halogens is 5. The number of aromatic nitrogens is 3. The SMILES string of the molecule is O=C(O)c1cnc(C#CC23CCC(OCc4c(-c5c(Cl)cncc5Cl)noc4C4CC4)(CC2)CC3)cc1C(F)(F)F. The van der Waals surface area contributed by atoms with Gasteiger partial charge in [0.25, 0.3) is 0 Å². The van der Waals surface area contributed by atoms with E-state index in [2.05, 4.69) is 27.0 Å². The maximum atomic E-state index is 13.4. The van der Waals surface area contributed by atoms with Gasteiger partial charge in [0.1, 0.15) is 17.1 Å². The van der Waals surface area contributed by atoms with Crippen LogP contribution in [0.25, 0.3) is 11.3 Å². The third-order valence-electron chi connectivity index (χ3n) is 8.45. The number of fused-ring (bicyclic) bond motifs is 3. The first-order valence-electron chi connectivity index (χ1n) is 13.2. The summed E-state index contributed by atoms with van der Waals surface area (Å²) in [4.78, 5) is 19.1. The molecule has 214 valence electrons. The van der Waals surface area contributed by atoms with Crippen molar-refractivity contribution in [3.8, 4) is 23.1 Å². The third-order valence-corrected chi connectivity index (χ3v) is 9.03. The number of nitrogens with zero attached hydrogens (tertiary/aromatic N) is 3. The average Bonchev–Trinajstić information content (AvgIpc) is 3.71. The normalized spacial score (nSPS) is 23.7. The van der Waals surface area contributed by atoms with E-state index < -0.39 is 23.3 Å². The number of carboxylic acid groups (broad SMARTS) is 1. The molecule has 3 aromatic heterocycles. The summed E-state index contributed by atoms with van der Waals surface area (Å²) in [6.07, 6.45) is 5.39. The molecule has 4 aliphatic carbocycles. The van der Waals surface area contributed by atoms with Crippen molar-refractivity contribution in [2.75, 3.05) is 0 Å². The first kappa shape index (κ1) is 28.0. The second-order valence-corrected chi connectivity index (χ2v) is 11.9. The summed E-state index contributed by atoms with van der Waals surface area (Å²) in [6.45, 7) is 0.290. The lowest BCUT2D eigenvalue weighted by Gasteiger charge is -2.51. The summed E-state index contributed by atoms with van der Waals surface area (Å²) in [5.41, 5.74) is -0.984. The molecule has 0 aromatic carbocycles. The van der Waals surface area contributed by atoms with E-state index in [0.29, 0.717) is 46.1 Å². The van der Waals surface area contributed by atoms with Gasteiger partial charge in [0.15, 0.2) is 0 Å². The van der Waals surface area contributed by atoms with Crippen LogP contribution in [0.15, 0.2) is 29.2 Å².